The van der Waals surface area contributed by atoms with Gasteiger partial charge in [0.15, 0.2) is 0 Å². The lowest BCUT2D eigenvalue weighted by atomic mass is 9.95. The van der Waals surface area contributed by atoms with Crippen molar-refractivity contribution in [2.45, 2.75) is 51.5 Å². The molecule has 0 aromatic rings. The Morgan fingerprint density at radius 2 is 2.06 bits per heavy atom. The summed E-state index contributed by atoms with van der Waals surface area (Å²) < 4.78 is 4.71. The summed E-state index contributed by atoms with van der Waals surface area (Å²) in [5.74, 6) is -0.201. The number of hydrogen-bond donors (Lipinski definition) is 1. The molecule has 0 heterocycles. The van der Waals surface area contributed by atoms with Crippen molar-refractivity contribution in [3.63, 3.8) is 0 Å². The number of methoxy groups -OCH3 is 1. The van der Waals surface area contributed by atoms with Crippen molar-refractivity contribution in [1.29, 1.82) is 0 Å². The predicted molar refractivity (Wildman–Crippen MR) is 65.3 cm³/mol. The Kier molecular flexibility index (Phi) is 6.16. The SMILES string of the molecule is CCC(=CCNC1CCCCC1)C(=O)OC. The molecule has 0 saturated heterocycles. The highest BCUT2D eigenvalue weighted by Crippen LogP contribution is 2.17. The van der Waals surface area contributed by atoms with E-state index in [-0.39, 0.29) is 5.97 Å². The first-order valence-electron chi connectivity index (χ1n) is 6.28. The fourth-order valence-electron chi connectivity index (χ4n) is 2.16. The summed E-state index contributed by atoms with van der Waals surface area (Å²) in [5, 5.41) is 3.48. The average Bonchev–Trinajstić information content (AvgIpc) is 2.35. The second-order valence-electron chi connectivity index (χ2n) is 4.32. The van der Waals surface area contributed by atoms with Gasteiger partial charge in [0.25, 0.3) is 0 Å². The zero-order valence-corrected chi connectivity index (χ0v) is 10.4. The summed E-state index contributed by atoms with van der Waals surface area (Å²) in [6.45, 7) is 2.76. The molecule has 0 aromatic heterocycles. The number of rotatable bonds is 5. The number of carbonyl (C=O) groups excluding carboxylic acids is 1. The number of esters is 1. The van der Waals surface area contributed by atoms with E-state index >= 15 is 0 Å². The van der Waals surface area contributed by atoms with Gasteiger partial charge in [-0.25, -0.2) is 4.79 Å². The molecule has 92 valence electrons. The summed E-state index contributed by atoms with van der Waals surface area (Å²) >= 11 is 0. The van der Waals surface area contributed by atoms with Crippen LogP contribution in [0.15, 0.2) is 11.6 Å². The number of ether oxygens (including phenoxy) is 1. The molecule has 0 aromatic carbocycles. The Hall–Kier alpha value is -0.830. The maximum absolute atomic E-state index is 11.3. The Labute approximate surface area is 98.2 Å². The fraction of sp³-hybridized carbons (Fsp3) is 0.769. The van der Waals surface area contributed by atoms with E-state index in [9.17, 15) is 4.79 Å². The zero-order valence-electron chi connectivity index (χ0n) is 10.4. The first kappa shape index (κ1) is 13.2. The Bertz CT molecular complexity index is 242. The topological polar surface area (TPSA) is 38.3 Å². The smallest absolute Gasteiger partial charge is 0.333 e. The normalized spacial score (nSPS) is 18.5. The van der Waals surface area contributed by atoms with Crippen LogP contribution in [0.4, 0.5) is 0 Å². The van der Waals surface area contributed by atoms with Gasteiger partial charge in [-0.3, -0.25) is 0 Å². The summed E-state index contributed by atoms with van der Waals surface area (Å²) in [6.07, 6.45) is 9.27. The van der Waals surface area contributed by atoms with Gasteiger partial charge in [0.1, 0.15) is 0 Å². The minimum Gasteiger partial charge on any atom is -0.466 e. The fourth-order valence-corrected chi connectivity index (χ4v) is 2.16. The van der Waals surface area contributed by atoms with Crippen molar-refractivity contribution < 1.29 is 9.53 Å². The molecule has 1 fully saturated rings. The molecule has 0 amide bonds. The third-order valence-corrected chi connectivity index (χ3v) is 3.19. The highest BCUT2D eigenvalue weighted by Gasteiger charge is 2.12. The molecular formula is C13H23NO2. The largest absolute Gasteiger partial charge is 0.466 e. The van der Waals surface area contributed by atoms with E-state index in [0.717, 1.165) is 18.5 Å². The number of hydrogen-bond acceptors (Lipinski definition) is 3. The highest BCUT2D eigenvalue weighted by molar-refractivity contribution is 5.88. The van der Waals surface area contributed by atoms with Crippen LogP contribution >= 0.6 is 0 Å². The van der Waals surface area contributed by atoms with Gasteiger partial charge in [0.05, 0.1) is 7.11 Å². The first-order valence-corrected chi connectivity index (χ1v) is 6.28. The van der Waals surface area contributed by atoms with Gasteiger partial charge < -0.3 is 10.1 Å². The van der Waals surface area contributed by atoms with Crippen LogP contribution in [0.5, 0.6) is 0 Å². The zero-order chi connectivity index (χ0) is 11.8. The molecule has 0 bridgehead atoms. The van der Waals surface area contributed by atoms with Crippen LogP contribution in [0.3, 0.4) is 0 Å². The molecule has 1 aliphatic carbocycles. The molecule has 1 N–H and O–H groups in total. The van der Waals surface area contributed by atoms with Crippen molar-refractivity contribution in [3.8, 4) is 0 Å². The molecule has 16 heavy (non-hydrogen) atoms. The summed E-state index contributed by atoms with van der Waals surface area (Å²) in [6, 6.07) is 0.640. The van der Waals surface area contributed by atoms with Crippen LogP contribution in [0, 0.1) is 0 Å². The van der Waals surface area contributed by atoms with Gasteiger partial charge in [-0.15, -0.1) is 0 Å². The van der Waals surface area contributed by atoms with E-state index in [0.29, 0.717) is 6.04 Å². The molecule has 0 radical (unpaired) electrons. The molecule has 3 heteroatoms. The lowest BCUT2D eigenvalue weighted by molar-refractivity contribution is -0.136. The first-order chi connectivity index (χ1) is 7.77. The molecule has 0 unspecified atom stereocenters. The summed E-state index contributed by atoms with van der Waals surface area (Å²) in [5.41, 5.74) is 0.769. The minimum absolute atomic E-state index is 0.201. The molecular weight excluding hydrogens is 202 g/mol. The summed E-state index contributed by atoms with van der Waals surface area (Å²) in [7, 11) is 1.43. The Balaban J connectivity index is 2.30. The maximum Gasteiger partial charge on any atom is 0.333 e. The van der Waals surface area contributed by atoms with Crippen molar-refractivity contribution in [3.05, 3.63) is 11.6 Å². The van der Waals surface area contributed by atoms with E-state index in [2.05, 4.69) is 5.32 Å². The van der Waals surface area contributed by atoms with Crippen LogP contribution < -0.4 is 5.32 Å². The van der Waals surface area contributed by atoms with E-state index in [4.69, 9.17) is 4.74 Å². The Morgan fingerprint density at radius 1 is 1.38 bits per heavy atom. The monoisotopic (exact) mass is 225 g/mol. The summed E-state index contributed by atoms with van der Waals surface area (Å²) in [4.78, 5) is 11.3. The molecule has 1 aliphatic rings. The molecule has 0 aliphatic heterocycles. The number of nitrogens with one attached hydrogen (secondary N) is 1. The van der Waals surface area contributed by atoms with E-state index in [1.54, 1.807) is 0 Å². The van der Waals surface area contributed by atoms with Crippen LogP contribution in [0.2, 0.25) is 0 Å². The standard InChI is InChI=1S/C13H23NO2/c1-3-11(13(15)16-2)9-10-14-12-7-5-4-6-8-12/h9,12,14H,3-8,10H2,1-2H3. The maximum atomic E-state index is 11.3. The van der Waals surface area contributed by atoms with E-state index in [1.165, 1.54) is 39.2 Å². The second kappa shape index (κ2) is 7.44. The predicted octanol–water partition coefficient (Wildman–Crippen LogP) is 2.42. The van der Waals surface area contributed by atoms with Crippen molar-refractivity contribution in [2.24, 2.45) is 0 Å². The van der Waals surface area contributed by atoms with Gasteiger partial charge in [-0.1, -0.05) is 32.3 Å². The third-order valence-electron chi connectivity index (χ3n) is 3.19. The van der Waals surface area contributed by atoms with E-state index < -0.39 is 0 Å². The quantitative estimate of drug-likeness (QED) is 0.577. The molecule has 3 nitrogen and oxygen atoms in total. The van der Waals surface area contributed by atoms with Crippen molar-refractivity contribution in [1.82, 2.24) is 5.32 Å². The van der Waals surface area contributed by atoms with Crippen LogP contribution in [-0.4, -0.2) is 25.7 Å². The van der Waals surface area contributed by atoms with Gasteiger partial charge in [0, 0.05) is 18.2 Å². The Morgan fingerprint density at radius 3 is 2.62 bits per heavy atom. The van der Waals surface area contributed by atoms with Gasteiger partial charge in [-0.05, 0) is 19.3 Å². The molecule has 1 rings (SSSR count). The lowest BCUT2D eigenvalue weighted by Gasteiger charge is -2.22. The third kappa shape index (κ3) is 4.35. The molecule has 0 spiro atoms. The number of carbonyl (C=O) groups is 1. The second-order valence-corrected chi connectivity index (χ2v) is 4.32. The highest BCUT2D eigenvalue weighted by atomic mass is 16.5. The molecule has 1 saturated carbocycles. The van der Waals surface area contributed by atoms with Gasteiger partial charge in [-0.2, -0.15) is 0 Å². The van der Waals surface area contributed by atoms with E-state index in [1.807, 2.05) is 13.0 Å². The van der Waals surface area contributed by atoms with Crippen LogP contribution in [0.1, 0.15) is 45.4 Å². The van der Waals surface area contributed by atoms with Crippen LogP contribution in [0.25, 0.3) is 0 Å². The van der Waals surface area contributed by atoms with Gasteiger partial charge >= 0.3 is 5.97 Å². The minimum atomic E-state index is -0.201. The van der Waals surface area contributed by atoms with Gasteiger partial charge in [0.2, 0.25) is 0 Å². The molecule has 0 atom stereocenters. The lowest BCUT2D eigenvalue weighted by Crippen LogP contribution is -2.31. The average molecular weight is 225 g/mol. The van der Waals surface area contributed by atoms with Crippen LogP contribution in [-0.2, 0) is 9.53 Å². The van der Waals surface area contributed by atoms with Crippen molar-refractivity contribution >= 4 is 5.97 Å². The van der Waals surface area contributed by atoms with Crippen molar-refractivity contribution in [2.75, 3.05) is 13.7 Å².